The van der Waals surface area contributed by atoms with Gasteiger partial charge in [0.1, 0.15) is 0 Å². The minimum absolute atomic E-state index is 0.283. The summed E-state index contributed by atoms with van der Waals surface area (Å²) in [5.74, 6) is 0.0501. The van der Waals surface area contributed by atoms with Gasteiger partial charge in [-0.05, 0) is 17.7 Å². The first-order chi connectivity index (χ1) is 8.58. The van der Waals surface area contributed by atoms with Crippen LogP contribution in [0.25, 0.3) is 0 Å². The fraction of sp³-hybridized carbons (Fsp3) is 0.182. The van der Waals surface area contributed by atoms with E-state index in [4.69, 9.17) is 10.8 Å². The van der Waals surface area contributed by atoms with Crippen molar-refractivity contribution in [3.05, 3.63) is 35.4 Å². The molecule has 0 atom stereocenters. The van der Waals surface area contributed by atoms with Crippen LogP contribution in [0.2, 0.25) is 0 Å². The molecular formula is C11H12N4O2S. The van der Waals surface area contributed by atoms with E-state index < -0.39 is 5.97 Å². The van der Waals surface area contributed by atoms with Gasteiger partial charge in [-0.3, -0.25) is 4.57 Å². The maximum Gasteiger partial charge on any atom is 0.335 e. The lowest BCUT2D eigenvalue weighted by Crippen LogP contribution is -1.99. The van der Waals surface area contributed by atoms with Crippen molar-refractivity contribution in [1.29, 1.82) is 0 Å². The van der Waals surface area contributed by atoms with Crippen molar-refractivity contribution in [1.82, 2.24) is 14.8 Å². The minimum atomic E-state index is -0.926. The van der Waals surface area contributed by atoms with E-state index in [0.29, 0.717) is 16.9 Å². The summed E-state index contributed by atoms with van der Waals surface area (Å²) in [5, 5.41) is 17.3. The summed E-state index contributed by atoms with van der Waals surface area (Å²) in [5.41, 5.74) is 6.77. The number of thioether (sulfide) groups is 1. The average Bonchev–Trinajstić information content (AvgIpc) is 2.68. The number of nitrogen functional groups attached to an aromatic ring is 1. The van der Waals surface area contributed by atoms with Gasteiger partial charge in [-0.25, -0.2) is 4.79 Å². The zero-order valence-electron chi connectivity index (χ0n) is 9.70. The maximum absolute atomic E-state index is 10.8. The molecule has 3 N–H and O–H groups in total. The molecule has 0 aliphatic heterocycles. The van der Waals surface area contributed by atoms with Crippen molar-refractivity contribution in [3.8, 4) is 0 Å². The van der Waals surface area contributed by atoms with Crippen LogP contribution in [0.1, 0.15) is 15.9 Å². The number of carboxylic acid groups (broad SMARTS) is 1. The Hall–Kier alpha value is -2.02. The first-order valence-corrected chi connectivity index (χ1v) is 6.16. The third-order valence-electron chi connectivity index (χ3n) is 2.41. The van der Waals surface area contributed by atoms with Crippen LogP contribution < -0.4 is 5.73 Å². The predicted molar refractivity (Wildman–Crippen MR) is 68.4 cm³/mol. The Labute approximate surface area is 108 Å². The Kier molecular flexibility index (Phi) is 3.52. The summed E-state index contributed by atoms with van der Waals surface area (Å²) in [6, 6.07) is 6.81. The molecule has 0 radical (unpaired) electrons. The fourth-order valence-electron chi connectivity index (χ4n) is 1.39. The lowest BCUT2D eigenvalue weighted by atomic mass is 10.1. The molecule has 0 amide bonds. The summed E-state index contributed by atoms with van der Waals surface area (Å²) in [6.45, 7) is 0. The minimum Gasteiger partial charge on any atom is -0.478 e. The average molecular weight is 264 g/mol. The Morgan fingerprint density at radius 3 is 2.89 bits per heavy atom. The first kappa shape index (κ1) is 12.4. The Bertz CT molecular complexity index is 582. The second-order valence-corrected chi connectivity index (χ2v) is 4.64. The van der Waals surface area contributed by atoms with E-state index in [-0.39, 0.29) is 5.56 Å². The van der Waals surface area contributed by atoms with Crippen LogP contribution in [0.15, 0.2) is 29.4 Å². The summed E-state index contributed by atoms with van der Waals surface area (Å²) in [7, 11) is 1.78. The SMILES string of the molecule is Cn1c(N)nnc1SCc1cccc(C(=O)O)c1. The van der Waals surface area contributed by atoms with Gasteiger partial charge in [0, 0.05) is 12.8 Å². The molecule has 1 aromatic carbocycles. The molecule has 2 rings (SSSR count). The lowest BCUT2D eigenvalue weighted by Gasteiger charge is -2.03. The van der Waals surface area contributed by atoms with Crippen LogP contribution in [-0.2, 0) is 12.8 Å². The Morgan fingerprint density at radius 1 is 1.50 bits per heavy atom. The third kappa shape index (κ3) is 2.62. The number of aromatic nitrogens is 3. The highest BCUT2D eigenvalue weighted by Crippen LogP contribution is 2.22. The van der Waals surface area contributed by atoms with Gasteiger partial charge in [0.2, 0.25) is 5.95 Å². The van der Waals surface area contributed by atoms with Gasteiger partial charge in [0.25, 0.3) is 0 Å². The molecule has 0 fully saturated rings. The molecule has 0 bridgehead atoms. The van der Waals surface area contributed by atoms with E-state index in [0.717, 1.165) is 5.56 Å². The van der Waals surface area contributed by atoms with Gasteiger partial charge in [0.05, 0.1) is 5.56 Å². The smallest absolute Gasteiger partial charge is 0.335 e. The quantitative estimate of drug-likeness (QED) is 0.810. The number of hydrogen-bond acceptors (Lipinski definition) is 5. The second-order valence-electron chi connectivity index (χ2n) is 3.69. The number of nitrogens with two attached hydrogens (primary N) is 1. The van der Waals surface area contributed by atoms with Crippen LogP contribution in [-0.4, -0.2) is 25.8 Å². The van der Waals surface area contributed by atoms with Crippen LogP contribution in [0.3, 0.4) is 0 Å². The van der Waals surface area contributed by atoms with E-state index >= 15 is 0 Å². The predicted octanol–water partition coefficient (Wildman–Crippen LogP) is 1.39. The van der Waals surface area contributed by atoms with Crippen LogP contribution >= 0.6 is 11.8 Å². The summed E-state index contributed by atoms with van der Waals surface area (Å²) in [4.78, 5) is 10.8. The molecule has 1 heterocycles. The van der Waals surface area contributed by atoms with Crippen molar-refractivity contribution >= 4 is 23.7 Å². The maximum atomic E-state index is 10.8. The first-order valence-electron chi connectivity index (χ1n) is 5.18. The van der Waals surface area contributed by atoms with Crippen molar-refractivity contribution in [2.24, 2.45) is 7.05 Å². The van der Waals surface area contributed by atoms with Crippen molar-refractivity contribution in [2.45, 2.75) is 10.9 Å². The van der Waals surface area contributed by atoms with Gasteiger partial charge in [-0.1, -0.05) is 23.9 Å². The molecule has 0 saturated carbocycles. The van der Waals surface area contributed by atoms with Crippen LogP contribution in [0.5, 0.6) is 0 Å². The van der Waals surface area contributed by atoms with Crippen LogP contribution in [0, 0.1) is 0 Å². The number of nitrogens with zero attached hydrogens (tertiary/aromatic N) is 3. The molecule has 94 valence electrons. The number of aromatic carboxylic acids is 1. The van der Waals surface area contributed by atoms with Crippen molar-refractivity contribution < 1.29 is 9.90 Å². The van der Waals surface area contributed by atoms with E-state index in [1.807, 2.05) is 6.07 Å². The molecule has 0 saturated heterocycles. The van der Waals surface area contributed by atoms with Crippen molar-refractivity contribution in [3.63, 3.8) is 0 Å². The highest BCUT2D eigenvalue weighted by Gasteiger charge is 2.07. The molecule has 1 aromatic heterocycles. The molecule has 0 unspecified atom stereocenters. The zero-order valence-corrected chi connectivity index (χ0v) is 10.5. The van der Waals surface area contributed by atoms with Crippen LogP contribution in [0.4, 0.5) is 5.95 Å². The molecule has 0 aliphatic rings. The normalized spacial score (nSPS) is 10.5. The van der Waals surface area contributed by atoms with Gasteiger partial charge >= 0.3 is 5.97 Å². The number of carbonyl (C=O) groups is 1. The fourth-order valence-corrected chi connectivity index (χ4v) is 2.25. The molecule has 6 nitrogen and oxygen atoms in total. The van der Waals surface area contributed by atoms with Gasteiger partial charge in [-0.2, -0.15) is 0 Å². The summed E-state index contributed by atoms with van der Waals surface area (Å²) >= 11 is 1.46. The van der Waals surface area contributed by atoms with E-state index in [9.17, 15) is 4.79 Å². The Morgan fingerprint density at radius 2 is 2.28 bits per heavy atom. The van der Waals surface area contributed by atoms with Gasteiger partial charge in [0.15, 0.2) is 5.16 Å². The number of anilines is 1. The van der Waals surface area contributed by atoms with E-state index in [1.54, 1.807) is 29.8 Å². The van der Waals surface area contributed by atoms with E-state index in [2.05, 4.69) is 10.2 Å². The molecule has 0 aliphatic carbocycles. The summed E-state index contributed by atoms with van der Waals surface area (Å²) in [6.07, 6.45) is 0. The largest absolute Gasteiger partial charge is 0.478 e. The number of hydrogen-bond donors (Lipinski definition) is 2. The molecule has 18 heavy (non-hydrogen) atoms. The Balaban J connectivity index is 2.08. The second kappa shape index (κ2) is 5.09. The highest BCUT2D eigenvalue weighted by atomic mass is 32.2. The lowest BCUT2D eigenvalue weighted by molar-refractivity contribution is 0.0697. The molecule has 7 heteroatoms. The number of benzene rings is 1. The number of carboxylic acids is 1. The zero-order chi connectivity index (χ0) is 13.1. The van der Waals surface area contributed by atoms with E-state index in [1.165, 1.54) is 11.8 Å². The summed E-state index contributed by atoms with van der Waals surface area (Å²) < 4.78 is 1.69. The standard InChI is InChI=1S/C11H12N4O2S/c1-15-10(12)13-14-11(15)18-6-7-3-2-4-8(5-7)9(16)17/h2-5H,6H2,1H3,(H2,12,13)(H,16,17). The third-order valence-corrected chi connectivity index (χ3v) is 3.50. The monoisotopic (exact) mass is 264 g/mol. The van der Waals surface area contributed by atoms with Gasteiger partial charge < -0.3 is 10.8 Å². The van der Waals surface area contributed by atoms with Crippen molar-refractivity contribution in [2.75, 3.05) is 5.73 Å². The molecular weight excluding hydrogens is 252 g/mol. The topological polar surface area (TPSA) is 94.0 Å². The highest BCUT2D eigenvalue weighted by molar-refractivity contribution is 7.98. The van der Waals surface area contributed by atoms with Gasteiger partial charge in [-0.15, -0.1) is 10.2 Å². The molecule has 2 aromatic rings. The number of rotatable bonds is 4. The molecule has 0 spiro atoms.